The molecule has 0 spiro atoms. The Morgan fingerprint density at radius 2 is 1.80 bits per heavy atom. The molecule has 2 aliphatic heterocycles. The van der Waals surface area contributed by atoms with Crippen LogP contribution in [0, 0.1) is 0 Å². The van der Waals surface area contributed by atoms with E-state index in [9.17, 15) is 31.5 Å². The zero-order chi connectivity index (χ0) is 36.3. The smallest absolute Gasteiger partial charge is 0.328 e. The molecule has 4 heterocycles. The summed E-state index contributed by atoms with van der Waals surface area (Å²) in [5, 5.41) is 36.5. The summed E-state index contributed by atoms with van der Waals surface area (Å²) in [5.74, 6) is -1.27. The van der Waals surface area contributed by atoms with E-state index in [1.54, 1.807) is 6.92 Å². The van der Waals surface area contributed by atoms with Gasteiger partial charge in [0.15, 0.2) is 9.84 Å². The zero-order valence-corrected chi connectivity index (χ0v) is 31.8. The van der Waals surface area contributed by atoms with E-state index in [1.807, 2.05) is 6.92 Å². The Bertz CT molecular complexity index is 1590. The molecule has 0 unspecified atom stereocenters. The van der Waals surface area contributed by atoms with E-state index in [-0.39, 0.29) is 39.0 Å². The highest BCUT2D eigenvalue weighted by molar-refractivity contribution is 7.95. The van der Waals surface area contributed by atoms with Crippen molar-refractivity contribution in [2.75, 3.05) is 50.9 Å². The van der Waals surface area contributed by atoms with E-state index < -0.39 is 43.2 Å². The number of hydrogen-bond donors (Lipinski definition) is 6. The lowest BCUT2D eigenvalue weighted by atomic mass is 10.1. The van der Waals surface area contributed by atoms with Gasteiger partial charge in [-0.15, -0.1) is 28.1 Å². The summed E-state index contributed by atoms with van der Waals surface area (Å²) in [4.78, 5) is 21.2. The third-order valence-electron chi connectivity index (χ3n) is 6.57. The maximum atomic E-state index is 12.2. The van der Waals surface area contributed by atoms with Crippen molar-refractivity contribution in [2.45, 2.75) is 72.4 Å². The predicted octanol–water partition coefficient (Wildman–Crippen LogP) is 1.25. The molecule has 0 saturated carbocycles. The van der Waals surface area contributed by atoms with E-state index in [4.69, 9.17) is 24.8 Å². The molecule has 3 atom stereocenters. The van der Waals surface area contributed by atoms with Crippen LogP contribution >= 0.6 is 35.5 Å². The number of carboxylic acid groups (broad SMARTS) is 2. The average molecular weight is 793 g/mol. The molecule has 2 aliphatic rings. The fourth-order valence-electron chi connectivity index (χ4n) is 4.21. The minimum Gasteiger partial charge on any atom is -0.478 e. The fraction of sp³-hybridized carbons (Fsp3) is 0.630. The summed E-state index contributed by atoms with van der Waals surface area (Å²) in [6.45, 7) is 14.0. The fourth-order valence-corrected chi connectivity index (χ4v) is 9.15. The third kappa shape index (κ3) is 14.7. The monoisotopic (exact) mass is 792 g/mol. The van der Waals surface area contributed by atoms with Crippen LogP contribution in [0.25, 0.3) is 0 Å². The van der Waals surface area contributed by atoms with Gasteiger partial charge >= 0.3 is 11.9 Å². The first kappa shape index (κ1) is 44.6. The maximum absolute atomic E-state index is 12.2. The summed E-state index contributed by atoms with van der Waals surface area (Å²) in [5.41, 5.74) is 0.497. The second-order valence-corrected chi connectivity index (χ2v) is 17.6. The molecule has 49 heavy (non-hydrogen) atoms. The number of nitrogens with one attached hydrogen (secondary N) is 2. The molecule has 1 saturated heterocycles. The number of nitrogens with zero attached hydrogens (tertiary/aromatic N) is 3. The van der Waals surface area contributed by atoms with Crippen LogP contribution in [0.2, 0.25) is 0 Å². The standard InChI is InChI=1S/C13H24N4O3S.C10H16N2O4S3.C4H4O4.ClH/c1-13(2,3)14-8-10(18)9-20-12-11(15-21-16-12)17-4-6-19-7-5-17;1-3-12-8-4-6(2)18(13,14)10-7(8)5-9(17-10)19(11,15)16;5-3(6)1-2-4(7)8;/h10,14,18H,4-9H2,1-3H3;5-6,8,12H,3-4H2,1-2H3,(H2,11,15,16);1-2H,(H,5,6)(H,7,8);1H/b;;2-1-;/t10-;6-,8-;;/m00../s1. The Morgan fingerprint density at radius 3 is 2.31 bits per heavy atom. The molecule has 4 rings (SSSR count). The lowest BCUT2D eigenvalue weighted by Crippen LogP contribution is -2.42. The van der Waals surface area contributed by atoms with Gasteiger partial charge in [0.2, 0.25) is 15.8 Å². The third-order valence-corrected chi connectivity index (χ3v) is 12.4. The predicted molar refractivity (Wildman–Crippen MR) is 187 cm³/mol. The Hall–Kier alpha value is -2.47. The second-order valence-electron chi connectivity index (χ2n) is 11.7. The van der Waals surface area contributed by atoms with E-state index in [0.717, 1.165) is 42.0 Å². The molecule has 280 valence electrons. The first-order valence-electron chi connectivity index (χ1n) is 14.7. The molecule has 7 N–H and O–H groups in total. The first-order chi connectivity index (χ1) is 22.3. The number of β-amino-alcohol motifs (C(OH)–C–C–N with tert-alkyl or cyclic N) is 1. The van der Waals surface area contributed by atoms with Gasteiger partial charge in [-0.05, 0) is 46.7 Å². The molecule has 0 amide bonds. The first-order valence-corrected chi connectivity index (χ1v) is 19.4. The number of rotatable bonds is 11. The van der Waals surface area contributed by atoms with Crippen molar-refractivity contribution in [3.63, 3.8) is 0 Å². The van der Waals surface area contributed by atoms with Crippen molar-refractivity contribution in [1.29, 1.82) is 0 Å². The minimum absolute atomic E-state index is 0. The Balaban J connectivity index is 0.000000398. The SMILES string of the molecule is CC(C)(C)NC[C@H](O)COc1nsnc1N1CCOCC1.CCN[C@H]1C[C@H](C)S(=O)(=O)c2sc(S(N)(=O)=O)cc21.Cl.O=C(O)/C=C\C(=O)O. The molecule has 22 heteroatoms. The number of morpholine rings is 1. The Kier molecular flexibility index (Phi) is 18.0. The van der Waals surface area contributed by atoms with Crippen LogP contribution in [-0.2, 0) is 34.2 Å². The van der Waals surface area contributed by atoms with Crippen LogP contribution in [0.3, 0.4) is 0 Å². The van der Waals surface area contributed by atoms with Crippen LogP contribution in [0.1, 0.15) is 52.6 Å². The number of carbonyl (C=O) groups is 2. The highest BCUT2D eigenvalue weighted by Gasteiger charge is 2.39. The van der Waals surface area contributed by atoms with Crippen molar-refractivity contribution in [3.05, 3.63) is 23.8 Å². The molecule has 0 aromatic carbocycles. The van der Waals surface area contributed by atoms with Crippen LogP contribution < -0.4 is 25.4 Å². The van der Waals surface area contributed by atoms with Gasteiger partial charge in [0, 0.05) is 48.9 Å². The number of thiophene rings is 1. The van der Waals surface area contributed by atoms with Gasteiger partial charge in [0.1, 0.15) is 21.1 Å². The highest BCUT2D eigenvalue weighted by atomic mass is 35.5. The second kappa shape index (κ2) is 19.8. The van der Waals surface area contributed by atoms with Crippen molar-refractivity contribution in [3.8, 4) is 5.88 Å². The van der Waals surface area contributed by atoms with Crippen LogP contribution in [0.15, 0.2) is 26.6 Å². The number of ether oxygens (including phenoxy) is 2. The molecule has 0 aliphatic carbocycles. The van der Waals surface area contributed by atoms with Gasteiger partial charge < -0.3 is 40.3 Å². The quantitative estimate of drug-likeness (QED) is 0.175. The molecular weight excluding hydrogens is 748 g/mol. The van der Waals surface area contributed by atoms with Gasteiger partial charge in [-0.25, -0.2) is 31.6 Å². The van der Waals surface area contributed by atoms with Gasteiger partial charge in [-0.1, -0.05) is 6.92 Å². The van der Waals surface area contributed by atoms with Gasteiger partial charge in [-0.3, -0.25) is 0 Å². The number of aromatic nitrogens is 2. The highest BCUT2D eigenvalue weighted by Crippen LogP contribution is 2.42. The number of aliphatic hydroxyl groups is 1. The van der Waals surface area contributed by atoms with Gasteiger partial charge in [-0.2, -0.15) is 4.37 Å². The number of primary sulfonamides is 1. The van der Waals surface area contributed by atoms with E-state index in [2.05, 4.69) is 45.1 Å². The number of aliphatic carboxylic acids is 2. The number of anilines is 1. The molecule has 17 nitrogen and oxygen atoms in total. The summed E-state index contributed by atoms with van der Waals surface area (Å²) in [6.07, 6.45) is 0.970. The number of sulfonamides is 1. The van der Waals surface area contributed by atoms with Gasteiger partial charge in [0.05, 0.1) is 30.2 Å². The number of carboxylic acids is 2. The molecule has 0 bridgehead atoms. The normalized spacial score (nSPS) is 19.3. The van der Waals surface area contributed by atoms with Crippen molar-refractivity contribution < 1.29 is 51.2 Å². The number of nitrogens with two attached hydrogens (primary N) is 1. The van der Waals surface area contributed by atoms with E-state index in [1.165, 1.54) is 6.07 Å². The van der Waals surface area contributed by atoms with Crippen molar-refractivity contribution in [2.24, 2.45) is 5.14 Å². The van der Waals surface area contributed by atoms with Crippen LogP contribution in [0.4, 0.5) is 5.82 Å². The average Bonchev–Trinajstić information content (AvgIpc) is 3.67. The van der Waals surface area contributed by atoms with Crippen LogP contribution in [0.5, 0.6) is 5.88 Å². The Morgan fingerprint density at radius 1 is 1.20 bits per heavy atom. The molecular formula is C27H45ClN6O11S4. The molecule has 0 radical (unpaired) electrons. The molecule has 2 aromatic heterocycles. The largest absolute Gasteiger partial charge is 0.478 e. The number of halogens is 1. The van der Waals surface area contributed by atoms with Crippen molar-refractivity contribution >= 4 is 73.1 Å². The van der Waals surface area contributed by atoms with E-state index >= 15 is 0 Å². The van der Waals surface area contributed by atoms with Crippen molar-refractivity contribution in [1.82, 2.24) is 19.4 Å². The number of aliphatic hydroxyl groups excluding tert-OH is 1. The van der Waals surface area contributed by atoms with Gasteiger partial charge in [0.25, 0.3) is 5.88 Å². The summed E-state index contributed by atoms with van der Waals surface area (Å²) in [6, 6.07) is 1.23. The summed E-state index contributed by atoms with van der Waals surface area (Å²) < 4.78 is 66.7. The Labute approximate surface area is 300 Å². The number of sulfone groups is 1. The minimum atomic E-state index is -3.88. The number of fused-ring (bicyclic) bond motifs is 1. The van der Waals surface area contributed by atoms with Crippen LogP contribution in [-0.4, -0.2) is 116 Å². The summed E-state index contributed by atoms with van der Waals surface area (Å²) in [7, 11) is -7.33. The number of hydrogen-bond acceptors (Lipinski definition) is 16. The topological polar surface area (TPSA) is 261 Å². The maximum Gasteiger partial charge on any atom is 0.328 e. The zero-order valence-electron chi connectivity index (χ0n) is 27.7. The molecule has 1 fully saturated rings. The van der Waals surface area contributed by atoms with E-state index in [0.29, 0.717) is 56.3 Å². The lowest BCUT2D eigenvalue weighted by Gasteiger charge is -2.27. The summed E-state index contributed by atoms with van der Waals surface area (Å²) >= 11 is 1.87. The molecule has 2 aromatic rings. The lowest BCUT2D eigenvalue weighted by molar-refractivity contribution is -0.134.